The topological polar surface area (TPSA) is 52.0 Å². The van der Waals surface area contributed by atoms with Crippen molar-refractivity contribution in [3.8, 4) is 6.07 Å². The number of piperidine rings is 1. The molecule has 2 heterocycles. The van der Waals surface area contributed by atoms with Gasteiger partial charge in [0.15, 0.2) is 0 Å². The molecule has 1 saturated heterocycles. The van der Waals surface area contributed by atoms with Crippen LogP contribution in [0.3, 0.4) is 0 Å². The summed E-state index contributed by atoms with van der Waals surface area (Å²) < 4.78 is 0. The molecule has 0 spiro atoms. The van der Waals surface area contributed by atoms with Gasteiger partial charge >= 0.3 is 0 Å². The molecule has 1 aliphatic rings. The van der Waals surface area contributed by atoms with Gasteiger partial charge in [-0.1, -0.05) is 37.8 Å². The second kappa shape index (κ2) is 11.2. The number of aromatic nitrogens is 1. The van der Waals surface area contributed by atoms with Crippen molar-refractivity contribution in [2.45, 2.75) is 39.2 Å². The molecule has 1 N–H and O–H groups in total. The third-order valence-electron chi connectivity index (χ3n) is 5.31. The summed E-state index contributed by atoms with van der Waals surface area (Å²) in [6.07, 6.45) is 15.4. The van der Waals surface area contributed by atoms with Gasteiger partial charge in [0.05, 0.1) is 6.07 Å². The number of nitrogens with zero attached hydrogens (tertiary/aromatic N) is 3. The average Bonchev–Trinajstić information content (AvgIpc) is 2.77. The van der Waals surface area contributed by atoms with E-state index in [9.17, 15) is 5.26 Å². The second-order valence-corrected chi connectivity index (χ2v) is 7.13. The van der Waals surface area contributed by atoms with Gasteiger partial charge in [0.1, 0.15) is 11.9 Å². The Kier molecular flexibility index (Phi) is 8.64. The van der Waals surface area contributed by atoms with Gasteiger partial charge in [-0.15, -0.1) is 0 Å². The zero-order chi connectivity index (χ0) is 21.2. The maximum Gasteiger partial charge on any atom is 0.126 e. The van der Waals surface area contributed by atoms with Gasteiger partial charge < -0.3 is 5.32 Å². The maximum absolute atomic E-state index is 9.83. The van der Waals surface area contributed by atoms with E-state index >= 15 is 0 Å². The van der Waals surface area contributed by atoms with E-state index in [2.05, 4.69) is 34.4 Å². The highest BCUT2D eigenvalue weighted by atomic mass is 15.2. The molecule has 4 nitrogen and oxygen atoms in total. The molecule has 2 rings (SSSR count). The SMILES string of the molecule is C=C/C(=C\C(=C/C)C(C#N)N1CCCCC1)C(=C)/C=c1/cc(NC)nc/c1=C/C. The van der Waals surface area contributed by atoms with Gasteiger partial charge in [0.2, 0.25) is 0 Å². The third-order valence-corrected chi connectivity index (χ3v) is 5.31. The number of rotatable bonds is 7. The number of allylic oxidation sites excluding steroid dienone is 4. The van der Waals surface area contributed by atoms with Crippen LogP contribution in [0.25, 0.3) is 12.2 Å². The molecule has 1 aromatic rings. The molecule has 0 aromatic carbocycles. The van der Waals surface area contributed by atoms with Crippen LogP contribution in [0.15, 0.2) is 60.4 Å². The standard InChI is InChI=1S/C25H32N4/c1-6-20(15-21(7-2)24(17-26)29-12-10-9-11-13-29)19(4)14-23-16-25(27-5)28-18-22(23)8-3/h6-8,14-16,18,24,27H,1,4,9-13H2,2-3,5H3/b20-15+,21-7+,22-8-,23-14-. The fourth-order valence-corrected chi connectivity index (χ4v) is 3.58. The van der Waals surface area contributed by atoms with Gasteiger partial charge in [0.25, 0.3) is 0 Å². The van der Waals surface area contributed by atoms with E-state index in [1.807, 2.05) is 63.5 Å². The van der Waals surface area contributed by atoms with Gasteiger partial charge in [-0.25, -0.2) is 4.98 Å². The minimum absolute atomic E-state index is 0.237. The summed E-state index contributed by atoms with van der Waals surface area (Å²) in [5.74, 6) is 0.808. The molecular weight excluding hydrogens is 356 g/mol. The van der Waals surface area contributed by atoms with Gasteiger partial charge in [-0.3, -0.25) is 4.90 Å². The molecular formula is C25H32N4. The molecule has 152 valence electrons. The van der Waals surface area contributed by atoms with E-state index in [1.165, 1.54) is 6.42 Å². The lowest BCUT2D eigenvalue weighted by Gasteiger charge is -2.31. The minimum atomic E-state index is -0.237. The van der Waals surface area contributed by atoms with Crippen molar-refractivity contribution in [3.05, 3.63) is 70.8 Å². The highest BCUT2D eigenvalue weighted by Gasteiger charge is 2.22. The molecule has 1 unspecified atom stereocenters. The fraction of sp³-hybridized carbons (Fsp3) is 0.360. The molecule has 0 aliphatic carbocycles. The molecule has 4 heteroatoms. The van der Waals surface area contributed by atoms with E-state index in [0.717, 1.165) is 58.9 Å². The highest BCUT2D eigenvalue weighted by Crippen LogP contribution is 2.21. The van der Waals surface area contributed by atoms with Crippen molar-refractivity contribution in [1.29, 1.82) is 5.26 Å². The Morgan fingerprint density at radius 1 is 1.28 bits per heavy atom. The van der Waals surface area contributed by atoms with Crippen LogP contribution in [0.4, 0.5) is 5.82 Å². The summed E-state index contributed by atoms with van der Waals surface area (Å²) in [5.41, 5.74) is 2.76. The van der Waals surface area contributed by atoms with E-state index in [0.29, 0.717) is 0 Å². The second-order valence-electron chi connectivity index (χ2n) is 7.13. The Morgan fingerprint density at radius 2 is 2.00 bits per heavy atom. The summed E-state index contributed by atoms with van der Waals surface area (Å²) in [6.45, 7) is 14.2. The van der Waals surface area contributed by atoms with E-state index in [1.54, 1.807) is 0 Å². The first kappa shape index (κ1) is 22.4. The number of pyridine rings is 1. The van der Waals surface area contributed by atoms with Gasteiger partial charge in [-0.2, -0.15) is 5.26 Å². The quantitative estimate of drug-likeness (QED) is 0.724. The highest BCUT2D eigenvalue weighted by molar-refractivity contribution is 5.62. The van der Waals surface area contributed by atoms with Crippen LogP contribution >= 0.6 is 0 Å². The van der Waals surface area contributed by atoms with Crippen molar-refractivity contribution in [1.82, 2.24) is 9.88 Å². The minimum Gasteiger partial charge on any atom is -0.373 e. The number of nitriles is 1. The summed E-state index contributed by atoms with van der Waals surface area (Å²) in [6, 6.07) is 4.26. The Hall–Kier alpha value is -2.90. The first-order chi connectivity index (χ1) is 14.1. The molecule has 1 fully saturated rings. The lowest BCUT2D eigenvalue weighted by molar-refractivity contribution is 0.215. The Balaban J connectivity index is 2.41. The summed E-state index contributed by atoms with van der Waals surface area (Å²) >= 11 is 0. The predicted octanol–water partition coefficient (Wildman–Crippen LogP) is 3.70. The van der Waals surface area contributed by atoms with Crippen molar-refractivity contribution < 1.29 is 0 Å². The summed E-state index contributed by atoms with van der Waals surface area (Å²) in [4.78, 5) is 6.64. The lowest BCUT2D eigenvalue weighted by Crippen LogP contribution is -2.39. The number of hydrogen-bond acceptors (Lipinski definition) is 4. The lowest BCUT2D eigenvalue weighted by atomic mass is 9.97. The van der Waals surface area contributed by atoms with Gasteiger partial charge in [-0.05, 0) is 85.2 Å². The third kappa shape index (κ3) is 5.79. The molecule has 0 saturated carbocycles. The fourth-order valence-electron chi connectivity index (χ4n) is 3.58. The Bertz CT molecular complexity index is 954. The number of likely N-dealkylation sites (tertiary alicyclic amines) is 1. The van der Waals surface area contributed by atoms with Crippen LogP contribution in [0.5, 0.6) is 0 Å². The largest absolute Gasteiger partial charge is 0.373 e. The molecule has 0 bridgehead atoms. The van der Waals surface area contributed by atoms with Crippen LogP contribution in [-0.2, 0) is 0 Å². The van der Waals surface area contributed by atoms with Crippen LogP contribution in [0.2, 0.25) is 0 Å². The van der Waals surface area contributed by atoms with Crippen molar-refractivity contribution in [2.24, 2.45) is 0 Å². The molecule has 0 amide bonds. The van der Waals surface area contributed by atoms with Crippen LogP contribution in [0, 0.1) is 11.3 Å². The summed E-state index contributed by atoms with van der Waals surface area (Å²) in [5, 5.41) is 15.0. The van der Waals surface area contributed by atoms with Crippen molar-refractivity contribution >= 4 is 18.0 Å². The van der Waals surface area contributed by atoms with Gasteiger partial charge in [0, 0.05) is 13.2 Å². The van der Waals surface area contributed by atoms with Crippen LogP contribution < -0.4 is 15.8 Å². The van der Waals surface area contributed by atoms with E-state index < -0.39 is 0 Å². The first-order valence-corrected chi connectivity index (χ1v) is 10.2. The first-order valence-electron chi connectivity index (χ1n) is 10.2. The van der Waals surface area contributed by atoms with E-state index in [-0.39, 0.29) is 6.04 Å². The Labute approximate surface area is 175 Å². The number of hydrogen-bond donors (Lipinski definition) is 1. The van der Waals surface area contributed by atoms with Crippen LogP contribution in [0.1, 0.15) is 33.1 Å². The zero-order valence-corrected chi connectivity index (χ0v) is 17.9. The molecule has 1 aromatic heterocycles. The van der Waals surface area contributed by atoms with Crippen molar-refractivity contribution in [3.63, 3.8) is 0 Å². The molecule has 29 heavy (non-hydrogen) atoms. The molecule has 1 aliphatic heterocycles. The zero-order valence-electron chi connectivity index (χ0n) is 17.9. The number of nitrogens with one attached hydrogen (secondary N) is 1. The summed E-state index contributed by atoms with van der Waals surface area (Å²) in [7, 11) is 1.85. The molecule has 0 radical (unpaired) electrons. The smallest absolute Gasteiger partial charge is 0.126 e. The van der Waals surface area contributed by atoms with Crippen LogP contribution in [-0.4, -0.2) is 36.1 Å². The molecule has 1 atom stereocenters. The monoisotopic (exact) mass is 388 g/mol. The number of anilines is 1. The normalized spacial score (nSPS) is 18.3. The predicted molar refractivity (Wildman–Crippen MR) is 124 cm³/mol. The Morgan fingerprint density at radius 3 is 2.55 bits per heavy atom. The van der Waals surface area contributed by atoms with Crippen molar-refractivity contribution in [2.75, 3.05) is 25.5 Å². The average molecular weight is 389 g/mol. The van der Waals surface area contributed by atoms with E-state index in [4.69, 9.17) is 0 Å². The maximum atomic E-state index is 9.83.